The van der Waals surface area contributed by atoms with Crippen molar-refractivity contribution in [3.63, 3.8) is 0 Å². The topological polar surface area (TPSA) is 54.9 Å². The fraction of sp³-hybridized carbons (Fsp3) is 0.812. The Morgan fingerprint density at radius 1 is 1.43 bits per heavy atom. The van der Waals surface area contributed by atoms with Crippen LogP contribution < -0.4 is 10.6 Å². The molecule has 1 heterocycles. The van der Waals surface area contributed by atoms with Crippen molar-refractivity contribution in [2.75, 3.05) is 40.0 Å². The molecular formula is C16H29N3O2. The quantitative estimate of drug-likeness (QED) is 0.310. The zero-order chi connectivity index (χ0) is 14.8. The van der Waals surface area contributed by atoms with E-state index in [1.54, 1.807) is 5.57 Å². The van der Waals surface area contributed by atoms with Crippen LogP contribution in [0.25, 0.3) is 0 Å². The third-order valence-electron chi connectivity index (χ3n) is 3.95. The highest BCUT2D eigenvalue weighted by Crippen LogP contribution is 2.19. The van der Waals surface area contributed by atoms with Gasteiger partial charge in [0.05, 0.1) is 12.7 Å². The van der Waals surface area contributed by atoms with E-state index in [4.69, 9.17) is 9.47 Å². The molecule has 1 fully saturated rings. The third-order valence-corrected chi connectivity index (χ3v) is 3.95. The second kappa shape index (κ2) is 9.79. The molecule has 5 heteroatoms. The molecule has 1 saturated heterocycles. The molecule has 1 unspecified atom stereocenters. The summed E-state index contributed by atoms with van der Waals surface area (Å²) < 4.78 is 11.0. The second-order valence-corrected chi connectivity index (χ2v) is 5.64. The molecule has 120 valence electrons. The fourth-order valence-electron chi connectivity index (χ4n) is 2.70. The summed E-state index contributed by atoms with van der Waals surface area (Å²) in [6, 6.07) is 0. The van der Waals surface area contributed by atoms with Crippen molar-refractivity contribution in [3.05, 3.63) is 11.6 Å². The van der Waals surface area contributed by atoms with Crippen molar-refractivity contribution in [2.45, 2.75) is 44.6 Å². The van der Waals surface area contributed by atoms with Gasteiger partial charge < -0.3 is 20.1 Å². The number of ether oxygens (including phenoxy) is 2. The van der Waals surface area contributed by atoms with E-state index < -0.39 is 0 Å². The molecule has 21 heavy (non-hydrogen) atoms. The molecular weight excluding hydrogens is 266 g/mol. The number of nitrogens with one attached hydrogen (secondary N) is 2. The highest BCUT2D eigenvalue weighted by atomic mass is 16.5. The summed E-state index contributed by atoms with van der Waals surface area (Å²) >= 11 is 0. The van der Waals surface area contributed by atoms with Crippen LogP contribution in [0.1, 0.15) is 38.5 Å². The van der Waals surface area contributed by atoms with E-state index in [-0.39, 0.29) is 0 Å². The van der Waals surface area contributed by atoms with Crippen LogP contribution in [0.5, 0.6) is 0 Å². The van der Waals surface area contributed by atoms with Crippen LogP contribution in [0.3, 0.4) is 0 Å². The number of allylic oxidation sites excluding steroid dienone is 1. The average Bonchev–Trinajstić information content (AvgIpc) is 3.18. The summed E-state index contributed by atoms with van der Waals surface area (Å²) in [7, 11) is 1.82. The van der Waals surface area contributed by atoms with Gasteiger partial charge in [-0.2, -0.15) is 0 Å². The van der Waals surface area contributed by atoms with Gasteiger partial charge in [-0.3, -0.25) is 4.99 Å². The molecule has 2 N–H and O–H groups in total. The van der Waals surface area contributed by atoms with Gasteiger partial charge in [-0.15, -0.1) is 0 Å². The predicted octanol–water partition coefficient (Wildman–Crippen LogP) is 1.85. The van der Waals surface area contributed by atoms with E-state index in [0.29, 0.717) is 6.10 Å². The Morgan fingerprint density at radius 3 is 3.05 bits per heavy atom. The van der Waals surface area contributed by atoms with Gasteiger partial charge in [-0.1, -0.05) is 11.6 Å². The van der Waals surface area contributed by atoms with Crippen molar-refractivity contribution in [2.24, 2.45) is 4.99 Å². The van der Waals surface area contributed by atoms with Gasteiger partial charge in [0.2, 0.25) is 0 Å². The van der Waals surface area contributed by atoms with Crippen LogP contribution in [-0.4, -0.2) is 52.0 Å². The molecule has 0 bridgehead atoms. The predicted molar refractivity (Wildman–Crippen MR) is 85.7 cm³/mol. The van der Waals surface area contributed by atoms with Crippen LogP contribution in [0.4, 0.5) is 0 Å². The van der Waals surface area contributed by atoms with Crippen molar-refractivity contribution in [1.82, 2.24) is 10.6 Å². The molecule has 0 saturated carbocycles. The number of hydrogen-bond acceptors (Lipinski definition) is 3. The summed E-state index contributed by atoms with van der Waals surface area (Å²) in [4.78, 5) is 4.24. The lowest BCUT2D eigenvalue weighted by Gasteiger charge is -2.13. The van der Waals surface area contributed by atoms with Crippen molar-refractivity contribution in [3.8, 4) is 0 Å². The van der Waals surface area contributed by atoms with E-state index in [0.717, 1.165) is 58.1 Å². The summed E-state index contributed by atoms with van der Waals surface area (Å²) in [5.74, 6) is 0.887. The first-order chi connectivity index (χ1) is 10.4. The molecule has 0 aromatic carbocycles. The summed E-state index contributed by atoms with van der Waals surface area (Å²) in [5.41, 5.74) is 1.59. The van der Waals surface area contributed by atoms with Gasteiger partial charge in [0.15, 0.2) is 5.96 Å². The summed E-state index contributed by atoms with van der Waals surface area (Å²) in [6.07, 6.45) is 9.70. The Kier molecular flexibility index (Phi) is 7.60. The van der Waals surface area contributed by atoms with Crippen LogP contribution in [-0.2, 0) is 9.47 Å². The second-order valence-electron chi connectivity index (χ2n) is 5.64. The lowest BCUT2D eigenvalue weighted by Crippen LogP contribution is -2.38. The van der Waals surface area contributed by atoms with Crippen LogP contribution in [0.15, 0.2) is 16.6 Å². The molecule has 1 atom stereocenters. The molecule has 0 spiro atoms. The molecule has 0 amide bonds. The minimum atomic E-state index is 0.308. The van der Waals surface area contributed by atoms with Gasteiger partial charge in [0.1, 0.15) is 0 Å². The third kappa shape index (κ3) is 6.48. The van der Waals surface area contributed by atoms with Crippen molar-refractivity contribution in [1.29, 1.82) is 0 Å². The Hall–Kier alpha value is -1.07. The molecule has 0 aromatic heterocycles. The number of aliphatic imine (C=N–C) groups is 1. The number of nitrogens with zero attached hydrogens (tertiary/aromatic N) is 1. The van der Waals surface area contributed by atoms with Crippen LogP contribution in [0, 0.1) is 0 Å². The van der Waals surface area contributed by atoms with Crippen LogP contribution in [0.2, 0.25) is 0 Å². The molecule has 1 aliphatic carbocycles. The lowest BCUT2D eigenvalue weighted by atomic mass is 10.2. The monoisotopic (exact) mass is 295 g/mol. The number of rotatable bonds is 8. The van der Waals surface area contributed by atoms with E-state index in [9.17, 15) is 0 Å². The van der Waals surface area contributed by atoms with Gasteiger partial charge in [-0.05, 0) is 38.5 Å². The molecule has 0 aromatic rings. The minimum Gasteiger partial charge on any atom is -0.379 e. The van der Waals surface area contributed by atoms with E-state index in [1.165, 1.54) is 19.3 Å². The molecule has 5 nitrogen and oxygen atoms in total. The highest BCUT2D eigenvalue weighted by molar-refractivity contribution is 5.79. The Bertz CT molecular complexity index is 349. The number of guanidine groups is 1. The molecule has 2 aliphatic rings. The smallest absolute Gasteiger partial charge is 0.190 e. The maximum Gasteiger partial charge on any atom is 0.190 e. The van der Waals surface area contributed by atoms with E-state index in [2.05, 4.69) is 21.7 Å². The van der Waals surface area contributed by atoms with E-state index >= 15 is 0 Å². The minimum absolute atomic E-state index is 0.308. The molecule has 1 aliphatic heterocycles. The molecule has 2 rings (SSSR count). The van der Waals surface area contributed by atoms with Gasteiger partial charge in [-0.25, -0.2) is 0 Å². The summed E-state index contributed by atoms with van der Waals surface area (Å²) in [5, 5.41) is 6.69. The SMILES string of the molecule is CN=C(NCCCOC1CCOC1)NCCC1=CCCC1. The molecule has 0 radical (unpaired) electrons. The van der Waals surface area contributed by atoms with E-state index in [1.807, 2.05) is 7.05 Å². The first-order valence-corrected chi connectivity index (χ1v) is 8.20. The van der Waals surface area contributed by atoms with Crippen molar-refractivity contribution >= 4 is 5.96 Å². The maximum absolute atomic E-state index is 5.73. The first kappa shape index (κ1) is 16.3. The largest absolute Gasteiger partial charge is 0.379 e. The Balaban J connectivity index is 1.47. The highest BCUT2D eigenvalue weighted by Gasteiger charge is 2.15. The summed E-state index contributed by atoms with van der Waals surface area (Å²) in [6.45, 7) is 4.23. The van der Waals surface area contributed by atoms with Crippen molar-refractivity contribution < 1.29 is 9.47 Å². The van der Waals surface area contributed by atoms with Gasteiger partial charge >= 0.3 is 0 Å². The normalized spacial score (nSPS) is 22.4. The Labute approximate surface area is 128 Å². The average molecular weight is 295 g/mol. The van der Waals surface area contributed by atoms with Gasteiger partial charge in [0, 0.05) is 33.4 Å². The zero-order valence-electron chi connectivity index (χ0n) is 13.2. The lowest BCUT2D eigenvalue weighted by molar-refractivity contribution is 0.0420. The standard InChI is InChI=1S/C16H29N3O2/c1-17-16(19-10-7-14-5-2-3-6-14)18-9-4-11-21-15-8-12-20-13-15/h5,15H,2-4,6-13H2,1H3,(H2,17,18,19). The fourth-order valence-corrected chi connectivity index (χ4v) is 2.70. The van der Waals surface area contributed by atoms with Crippen LogP contribution >= 0.6 is 0 Å². The zero-order valence-corrected chi connectivity index (χ0v) is 13.2. The maximum atomic E-state index is 5.73. The number of hydrogen-bond donors (Lipinski definition) is 2. The Morgan fingerprint density at radius 2 is 2.33 bits per heavy atom. The van der Waals surface area contributed by atoms with Gasteiger partial charge in [0.25, 0.3) is 0 Å². The first-order valence-electron chi connectivity index (χ1n) is 8.20.